The van der Waals surface area contributed by atoms with Crippen molar-refractivity contribution in [2.24, 2.45) is 0 Å². The molecule has 0 aliphatic carbocycles. The van der Waals surface area contributed by atoms with Gasteiger partial charge in [-0.15, -0.1) is 0 Å². The summed E-state index contributed by atoms with van der Waals surface area (Å²) < 4.78 is 1.69. The highest BCUT2D eigenvalue weighted by Gasteiger charge is 2.23. The highest BCUT2D eigenvalue weighted by atomic mass is 16.2. The second-order valence-corrected chi connectivity index (χ2v) is 5.98. The standard InChI is InChI=1S/C16H22N6O2/c1-3-22-13(4-7-17-22)15(24)19-12-5-8-21(9-6-12)16-18-11(2)10-14(23)20-16/h4,7,10,12H,3,5-6,8-9H2,1-2H3,(H,19,24)(H,18,20,23). The van der Waals surface area contributed by atoms with Gasteiger partial charge >= 0.3 is 0 Å². The molecule has 24 heavy (non-hydrogen) atoms. The smallest absolute Gasteiger partial charge is 0.269 e. The fourth-order valence-electron chi connectivity index (χ4n) is 2.99. The number of nitrogens with zero attached hydrogens (tertiary/aromatic N) is 4. The van der Waals surface area contributed by atoms with Gasteiger partial charge in [-0.2, -0.15) is 5.10 Å². The topological polar surface area (TPSA) is 95.9 Å². The molecule has 8 nitrogen and oxygen atoms in total. The number of rotatable bonds is 4. The summed E-state index contributed by atoms with van der Waals surface area (Å²) in [5.74, 6) is 0.517. The molecular weight excluding hydrogens is 308 g/mol. The van der Waals surface area contributed by atoms with Crippen molar-refractivity contribution in [2.75, 3.05) is 18.0 Å². The van der Waals surface area contributed by atoms with Gasteiger partial charge in [0.15, 0.2) is 0 Å². The fourth-order valence-corrected chi connectivity index (χ4v) is 2.99. The third kappa shape index (κ3) is 3.47. The molecule has 8 heteroatoms. The van der Waals surface area contributed by atoms with Crippen LogP contribution in [0.4, 0.5) is 5.95 Å². The summed E-state index contributed by atoms with van der Waals surface area (Å²) in [6.07, 6.45) is 3.26. The second-order valence-electron chi connectivity index (χ2n) is 5.98. The van der Waals surface area contributed by atoms with Gasteiger partial charge in [-0.3, -0.25) is 19.3 Å². The molecule has 1 fully saturated rings. The van der Waals surface area contributed by atoms with Crippen LogP contribution >= 0.6 is 0 Å². The molecule has 1 amide bonds. The molecule has 0 unspecified atom stereocenters. The molecule has 0 aromatic carbocycles. The van der Waals surface area contributed by atoms with E-state index in [4.69, 9.17) is 0 Å². The summed E-state index contributed by atoms with van der Waals surface area (Å²) in [5, 5.41) is 7.19. The van der Waals surface area contributed by atoms with Gasteiger partial charge in [0, 0.05) is 43.6 Å². The van der Waals surface area contributed by atoms with Crippen molar-refractivity contribution in [2.45, 2.75) is 39.3 Å². The number of hydrogen-bond acceptors (Lipinski definition) is 5. The fraction of sp³-hybridized carbons (Fsp3) is 0.500. The molecule has 0 spiro atoms. The van der Waals surface area contributed by atoms with E-state index in [9.17, 15) is 9.59 Å². The van der Waals surface area contributed by atoms with Gasteiger partial charge in [0.25, 0.3) is 11.5 Å². The van der Waals surface area contributed by atoms with Crippen LogP contribution in [-0.2, 0) is 6.54 Å². The molecule has 2 aromatic rings. The Kier molecular flexibility index (Phi) is 4.64. The Morgan fingerprint density at radius 1 is 1.42 bits per heavy atom. The van der Waals surface area contributed by atoms with E-state index in [1.807, 2.05) is 18.7 Å². The predicted octanol–water partition coefficient (Wildman–Crippen LogP) is 0.694. The lowest BCUT2D eigenvalue weighted by molar-refractivity contribution is 0.0920. The average molecular weight is 330 g/mol. The molecule has 2 N–H and O–H groups in total. The zero-order valence-electron chi connectivity index (χ0n) is 14.0. The molecule has 3 rings (SSSR count). The second kappa shape index (κ2) is 6.86. The molecule has 0 bridgehead atoms. The van der Waals surface area contributed by atoms with Gasteiger partial charge in [0.2, 0.25) is 5.95 Å². The Morgan fingerprint density at radius 2 is 2.17 bits per heavy atom. The number of anilines is 1. The predicted molar refractivity (Wildman–Crippen MR) is 90.2 cm³/mol. The molecular formula is C16H22N6O2. The highest BCUT2D eigenvalue weighted by molar-refractivity contribution is 5.92. The lowest BCUT2D eigenvalue weighted by Gasteiger charge is -2.32. The maximum atomic E-state index is 12.3. The van der Waals surface area contributed by atoms with Crippen LogP contribution in [0, 0.1) is 6.92 Å². The number of carbonyl (C=O) groups excluding carboxylic acids is 1. The number of amides is 1. The summed E-state index contributed by atoms with van der Waals surface area (Å²) in [4.78, 5) is 33.1. The lowest BCUT2D eigenvalue weighted by atomic mass is 10.1. The number of aryl methyl sites for hydroxylation is 2. The van der Waals surface area contributed by atoms with Crippen molar-refractivity contribution < 1.29 is 4.79 Å². The maximum absolute atomic E-state index is 12.3. The monoisotopic (exact) mass is 330 g/mol. The van der Waals surface area contributed by atoms with E-state index in [2.05, 4.69) is 20.4 Å². The Morgan fingerprint density at radius 3 is 2.83 bits per heavy atom. The molecule has 2 aromatic heterocycles. The van der Waals surface area contributed by atoms with Gasteiger partial charge in [-0.1, -0.05) is 0 Å². The van der Waals surface area contributed by atoms with Crippen molar-refractivity contribution in [3.63, 3.8) is 0 Å². The SMILES string of the molecule is CCn1nccc1C(=O)NC1CCN(c2nc(C)cc(=O)[nH]2)CC1. The first-order valence-electron chi connectivity index (χ1n) is 8.22. The number of hydrogen-bond donors (Lipinski definition) is 2. The van der Waals surface area contributed by atoms with Crippen molar-refractivity contribution in [1.29, 1.82) is 0 Å². The van der Waals surface area contributed by atoms with Crippen LogP contribution < -0.4 is 15.8 Å². The van der Waals surface area contributed by atoms with E-state index in [0.717, 1.165) is 25.9 Å². The minimum Gasteiger partial charge on any atom is -0.348 e. The Bertz CT molecular complexity index is 773. The maximum Gasteiger partial charge on any atom is 0.269 e. The first-order chi connectivity index (χ1) is 11.6. The van der Waals surface area contributed by atoms with E-state index in [-0.39, 0.29) is 17.5 Å². The molecule has 1 aliphatic heterocycles. The molecule has 1 aliphatic rings. The summed E-state index contributed by atoms with van der Waals surface area (Å²) in [6.45, 7) is 5.91. The number of aromatic nitrogens is 4. The minimum absolute atomic E-state index is 0.0881. The van der Waals surface area contributed by atoms with Gasteiger partial charge in [-0.25, -0.2) is 4.98 Å². The summed E-state index contributed by atoms with van der Waals surface area (Å²) in [6, 6.07) is 3.33. The van der Waals surface area contributed by atoms with Crippen LogP contribution in [0.25, 0.3) is 0 Å². The Balaban J connectivity index is 1.59. The Hall–Kier alpha value is -2.64. The van der Waals surface area contributed by atoms with Crippen LogP contribution in [-0.4, -0.2) is 44.8 Å². The number of piperidine rings is 1. The third-order valence-corrected chi connectivity index (χ3v) is 4.24. The van der Waals surface area contributed by atoms with Gasteiger partial charge in [0.1, 0.15) is 5.69 Å². The van der Waals surface area contributed by atoms with Crippen molar-refractivity contribution in [1.82, 2.24) is 25.1 Å². The Labute approximate surface area is 139 Å². The quantitative estimate of drug-likeness (QED) is 0.860. The average Bonchev–Trinajstić information content (AvgIpc) is 3.03. The van der Waals surface area contributed by atoms with E-state index < -0.39 is 0 Å². The van der Waals surface area contributed by atoms with E-state index in [0.29, 0.717) is 23.9 Å². The van der Waals surface area contributed by atoms with E-state index in [1.165, 1.54) is 6.07 Å². The molecule has 128 valence electrons. The summed E-state index contributed by atoms with van der Waals surface area (Å²) >= 11 is 0. The number of H-pyrrole nitrogens is 1. The number of aromatic amines is 1. The van der Waals surface area contributed by atoms with E-state index in [1.54, 1.807) is 16.9 Å². The number of carbonyl (C=O) groups is 1. The van der Waals surface area contributed by atoms with E-state index >= 15 is 0 Å². The number of nitrogens with one attached hydrogen (secondary N) is 2. The summed E-state index contributed by atoms with van der Waals surface area (Å²) in [5.41, 5.74) is 1.15. The molecule has 0 radical (unpaired) electrons. The first-order valence-corrected chi connectivity index (χ1v) is 8.22. The minimum atomic E-state index is -0.138. The van der Waals surface area contributed by atoms with Crippen molar-refractivity contribution in [3.05, 3.63) is 40.1 Å². The van der Waals surface area contributed by atoms with Gasteiger partial charge < -0.3 is 10.2 Å². The van der Waals surface area contributed by atoms with Crippen LogP contribution in [0.15, 0.2) is 23.1 Å². The van der Waals surface area contributed by atoms with Gasteiger partial charge in [0.05, 0.1) is 0 Å². The third-order valence-electron chi connectivity index (χ3n) is 4.24. The zero-order chi connectivity index (χ0) is 17.1. The first kappa shape index (κ1) is 16.2. The van der Waals surface area contributed by atoms with Gasteiger partial charge in [-0.05, 0) is 32.8 Å². The molecule has 0 atom stereocenters. The van der Waals surface area contributed by atoms with Crippen LogP contribution in [0.3, 0.4) is 0 Å². The molecule has 1 saturated heterocycles. The molecule has 3 heterocycles. The summed E-state index contributed by atoms with van der Waals surface area (Å²) in [7, 11) is 0. The lowest BCUT2D eigenvalue weighted by Crippen LogP contribution is -2.45. The van der Waals surface area contributed by atoms with Crippen LogP contribution in [0.5, 0.6) is 0 Å². The van der Waals surface area contributed by atoms with Crippen LogP contribution in [0.1, 0.15) is 35.9 Å². The van der Waals surface area contributed by atoms with Crippen LogP contribution in [0.2, 0.25) is 0 Å². The normalized spacial score (nSPS) is 15.5. The van der Waals surface area contributed by atoms with Crippen molar-refractivity contribution >= 4 is 11.9 Å². The van der Waals surface area contributed by atoms with Crippen molar-refractivity contribution in [3.8, 4) is 0 Å². The largest absolute Gasteiger partial charge is 0.348 e. The molecule has 0 saturated carbocycles. The highest BCUT2D eigenvalue weighted by Crippen LogP contribution is 2.16. The zero-order valence-corrected chi connectivity index (χ0v) is 14.0.